The van der Waals surface area contributed by atoms with Crippen molar-refractivity contribution in [2.75, 3.05) is 40.1 Å². The topological polar surface area (TPSA) is 119 Å². The Morgan fingerprint density at radius 2 is 1.94 bits per heavy atom. The SMILES string of the molecule is COCCNC(=O)C(NC(=O)c1ccc2c(c1)OCO2)C1CCN(C(=O)c2ccco2)CC1. The van der Waals surface area contributed by atoms with Gasteiger partial charge in [-0.25, -0.2) is 0 Å². The number of furan rings is 1. The van der Waals surface area contributed by atoms with Crippen molar-refractivity contribution in [3.8, 4) is 11.5 Å². The summed E-state index contributed by atoms with van der Waals surface area (Å²) in [6, 6.07) is 7.46. The number of amides is 3. The number of fused-ring (bicyclic) bond motifs is 1. The molecule has 0 bridgehead atoms. The number of rotatable bonds is 8. The third kappa shape index (κ3) is 5.28. The minimum Gasteiger partial charge on any atom is -0.459 e. The summed E-state index contributed by atoms with van der Waals surface area (Å²) in [5.74, 6) is 0.391. The van der Waals surface area contributed by atoms with Gasteiger partial charge in [0.15, 0.2) is 17.3 Å². The average molecular weight is 457 g/mol. The van der Waals surface area contributed by atoms with Gasteiger partial charge in [0, 0.05) is 32.3 Å². The minimum absolute atomic E-state index is 0.111. The molecule has 1 aromatic carbocycles. The zero-order valence-electron chi connectivity index (χ0n) is 18.4. The van der Waals surface area contributed by atoms with Gasteiger partial charge < -0.3 is 34.2 Å². The summed E-state index contributed by atoms with van der Waals surface area (Å²) in [4.78, 5) is 40.2. The number of piperidine rings is 1. The fourth-order valence-electron chi connectivity index (χ4n) is 4.04. The molecule has 2 N–H and O–H groups in total. The summed E-state index contributed by atoms with van der Waals surface area (Å²) in [6.45, 7) is 1.74. The van der Waals surface area contributed by atoms with E-state index in [9.17, 15) is 14.4 Å². The van der Waals surface area contributed by atoms with Crippen LogP contribution in [0.2, 0.25) is 0 Å². The van der Waals surface area contributed by atoms with Gasteiger partial charge in [0.25, 0.3) is 11.8 Å². The maximum Gasteiger partial charge on any atom is 0.289 e. The summed E-state index contributed by atoms with van der Waals surface area (Å²) in [5, 5.41) is 5.70. The van der Waals surface area contributed by atoms with Crippen molar-refractivity contribution in [2.24, 2.45) is 5.92 Å². The molecule has 3 heterocycles. The first-order valence-corrected chi connectivity index (χ1v) is 10.9. The van der Waals surface area contributed by atoms with E-state index in [0.717, 1.165) is 0 Å². The highest BCUT2D eigenvalue weighted by molar-refractivity contribution is 5.98. The molecule has 2 aliphatic heterocycles. The summed E-state index contributed by atoms with van der Waals surface area (Å²) in [7, 11) is 1.55. The lowest BCUT2D eigenvalue weighted by molar-refractivity contribution is -0.124. The molecule has 0 aliphatic carbocycles. The maximum atomic E-state index is 13.0. The maximum absolute atomic E-state index is 13.0. The number of hydrogen-bond donors (Lipinski definition) is 2. The molecule has 0 radical (unpaired) electrons. The van der Waals surface area contributed by atoms with Crippen LogP contribution in [0.15, 0.2) is 41.0 Å². The van der Waals surface area contributed by atoms with Crippen molar-refractivity contribution >= 4 is 17.7 Å². The quantitative estimate of drug-likeness (QED) is 0.576. The van der Waals surface area contributed by atoms with Crippen LogP contribution in [0.1, 0.15) is 33.8 Å². The number of methoxy groups -OCH3 is 1. The van der Waals surface area contributed by atoms with E-state index in [0.29, 0.717) is 61.9 Å². The van der Waals surface area contributed by atoms with Crippen molar-refractivity contribution < 1.29 is 33.0 Å². The largest absolute Gasteiger partial charge is 0.459 e. The van der Waals surface area contributed by atoms with E-state index in [4.69, 9.17) is 18.6 Å². The molecule has 1 atom stereocenters. The highest BCUT2D eigenvalue weighted by Crippen LogP contribution is 2.32. The van der Waals surface area contributed by atoms with E-state index in [1.54, 1.807) is 42.3 Å². The van der Waals surface area contributed by atoms with Gasteiger partial charge in [0.2, 0.25) is 12.7 Å². The van der Waals surface area contributed by atoms with Crippen LogP contribution in [0.5, 0.6) is 11.5 Å². The van der Waals surface area contributed by atoms with Crippen molar-refractivity contribution in [3.63, 3.8) is 0 Å². The number of ether oxygens (including phenoxy) is 3. The van der Waals surface area contributed by atoms with Crippen LogP contribution in [0.4, 0.5) is 0 Å². The molecule has 3 amide bonds. The van der Waals surface area contributed by atoms with Gasteiger partial charge in [-0.3, -0.25) is 14.4 Å². The third-order valence-electron chi connectivity index (χ3n) is 5.84. The number of carbonyl (C=O) groups excluding carboxylic acids is 3. The first kappa shape index (κ1) is 22.7. The van der Waals surface area contributed by atoms with E-state index in [2.05, 4.69) is 10.6 Å². The second kappa shape index (κ2) is 10.4. The Balaban J connectivity index is 1.43. The number of nitrogens with zero attached hydrogens (tertiary/aromatic N) is 1. The lowest BCUT2D eigenvalue weighted by Crippen LogP contribution is -2.54. The average Bonchev–Trinajstić information content (AvgIpc) is 3.54. The Bertz CT molecular complexity index is 984. The fourth-order valence-corrected chi connectivity index (χ4v) is 4.04. The molecule has 1 aromatic heterocycles. The summed E-state index contributed by atoms with van der Waals surface area (Å²) in [5.41, 5.74) is 0.374. The van der Waals surface area contributed by atoms with Gasteiger partial charge >= 0.3 is 0 Å². The molecule has 1 saturated heterocycles. The first-order valence-electron chi connectivity index (χ1n) is 10.9. The number of benzene rings is 1. The third-order valence-corrected chi connectivity index (χ3v) is 5.84. The Hall–Kier alpha value is -3.53. The molecule has 2 aliphatic rings. The van der Waals surface area contributed by atoms with E-state index in [1.807, 2.05) is 0 Å². The predicted molar refractivity (Wildman–Crippen MR) is 116 cm³/mol. The molecule has 0 saturated carbocycles. The molecule has 1 unspecified atom stereocenters. The number of carbonyl (C=O) groups is 3. The Labute approximate surface area is 191 Å². The van der Waals surface area contributed by atoms with Crippen LogP contribution < -0.4 is 20.1 Å². The second-order valence-electron chi connectivity index (χ2n) is 7.91. The van der Waals surface area contributed by atoms with Crippen molar-refractivity contribution in [2.45, 2.75) is 18.9 Å². The van der Waals surface area contributed by atoms with Crippen LogP contribution in [0.3, 0.4) is 0 Å². The van der Waals surface area contributed by atoms with Gasteiger partial charge in [0.05, 0.1) is 12.9 Å². The molecule has 176 valence electrons. The normalized spacial score (nSPS) is 16.3. The molecule has 1 fully saturated rings. The van der Waals surface area contributed by atoms with Crippen molar-refractivity contribution in [3.05, 3.63) is 47.9 Å². The Kier molecular flexibility index (Phi) is 7.13. The van der Waals surface area contributed by atoms with Crippen molar-refractivity contribution in [1.29, 1.82) is 0 Å². The summed E-state index contributed by atoms with van der Waals surface area (Å²) in [6.07, 6.45) is 2.60. The summed E-state index contributed by atoms with van der Waals surface area (Å²) >= 11 is 0. The molecule has 2 aromatic rings. The van der Waals surface area contributed by atoms with Gasteiger partial charge in [-0.15, -0.1) is 0 Å². The minimum atomic E-state index is -0.749. The molecule has 33 heavy (non-hydrogen) atoms. The second-order valence-corrected chi connectivity index (χ2v) is 7.91. The van der Waals surface area contributed by atoms with Crippen LogP contribution in [0, 0.1) is 5.92 Å². The number of nitrogens with one attached hydrogen (secondary N) is 2. The molecule has 10 heteroatoms. The number of likely N-dealkylation sites (tertiary alicyclic amines) is 1. The predicted octanol–water partition coefficient (Wildman–Crippen LogP) is 1.42. The van der Waals surface area contributed by atoms with Crippen LogP contribution >= 0.6 is 0 Å². The van der Waals surface area contributed by atoms with Crippen LogP contribution in [-0.4, -0.2) is 68.8 Å². The zero-order chi connectivity index (χ0) is 23.2. The highest BCUT2D eigenvalue weighted by atomic mass is 16.7. The number of hydrogen-bond acceptors (Lipinski definition) is 7. The lowest BCUT2D eigenvalue weighted by Gasteiger charge is -2.35. The first-order chi connectivity index (χ1) is 16.1. The standard InChI is InChI=1S/C23H27N3O7/c1-30-12-8-24-22(28)20(25-21(27)16-4-5-17-19(13-16)33-14-32-17)15-6-9-26(10-7-15)23(29)18-3-2-11-31-18/h2-5,11,13,15,20H,6-10,12,14H2,1H3,(H,24,28)(H,25,27). The van der Waals surface area contributed by atoms with Crippen molar-refractivity contribution in [1.82, 2.24) is 15.5 Å². The molecular formula is C23H27N3O7. The van der Waals surface area contributed by atoms with E-state index >= 15 is 0 Å². The smallest absolute Gasteiger partial charge is 0.289 e. The van der Waals surface area contributed by atoms with E-state index in [1.165, 1.54) is 6.26 Å². The van der Waals surface area contributed by atoms with E-state index < -0.39 is 6.04 Å². The van der Waals surface area contributed by atoms with Crippen LogP contribution in [0.25, 0.3) is 0 Å². The Morgan fingerprint density at radius 1 is 1.15 bits per heavy atom. The van der Waals surface area contributed by atoms with Gasteiger partial charge in [-0.05, 0) is 49.1 Å². The molecule has 4 rings (SSSR count). The zero-order valence-corrected chi connectivity index (χ0v) is 18.4. The summed E-state index contributed by atoms with van der Waals surface area (Å²) < 4.78 is 20.8. The molecular weight excluding hydrogens is 430 g/mol. The monoisotopic (exact) mass is 457 g/mol. The molecule has 10 nitrogen and oxygen atoms in total. The van der Waals surface area contributed by atoms with Crippen LogP contribution in [-0.2, 0) is 9.53 Å². The lowest BCUT2D eigenvalue weighted by atomic mass is 9.88. The highest BCUT2D eigenvalue weighted by Gasteiger charge is 2.34. The van der Waals surface area contributed by atoms with Gasteiger partial charge in [-0.2, -0.15) is 0 Å². The van der Waals surface area contributed by atoms with Gasteiger partial charge in [-0.1, -0.05) is 0 Å². The molecule has 0 spiro atoms. The fraction of sp³-hybridized carbons (Fsp3) is 0.435. The Morgan fingerprint density at radius 3 is 2.67 bits per heavy atom. The van der Waals surface area contributed by atoms with E-state index in [-0.39, 0.29) is 30.4 Å². The van der Waals surface area contributed by atoms with Gasteiger partial charge in [0.1, 0.15) is 6.04 Å².